The van der Waals surface area contributed by atoms with Crippen molar-refractivity contribution in [3.8, 4) is 5.69 Å². The van der Waals surface area contributed by atoms with Crippen LogP contribution in [0.15, 0.2) is 40.9 Å². The van der Waals surface area contributed by atoms with Crippen molar-refractivity contribution < 1.29 is 9.90 Å². The molecule has 0 spiro atoms. The second-order valence-electron chi connectivity index (χ2n) is 4.53. The second kappa shape index (κ2) is 5.29. The molecule has 1 aromatic heterocycles. The largest absolute Gasteiger partial charge is 0.475 e. The van der Waals surface area contributed by atoms with Gasteiger partial charge in [0.25, 0.3) is 5.82 Å². The molecule has 0 aliphatic rings. The van der Waals surface area contributed by atoms with Crippen molar-refractivity contribution in [3.63, 3.8) is 0 Å². The maximum atomic E-state index is 11.1. The molecule has 0 bridgehead atoms. The highest BCUT2D eigenvalue weighted by atomic mass is 79.9. The van der Waals surface area contributed by atoms with Crippen LogP contribution in [0.1, 0.15) is 23.4 Å². The molecular formula is C15H12BrN3O2. The first-order valence-corrected chi connectivity index (χ1v) is 7.28. The molecule has 0 aliphatic carbocycles. The van der Waals surface area contributed by atoms with Gasteiger partial charge in [0, 0.05) is 16.3 Å². The van der Waals surface area contributed by atoms with Gasteiger partial charge in [-0.25, -0.2) is 14.5 Å². The standard InChI is InChI=1S/C15H12BrN3O2/c1-2-13-17-14(15(20)21)18-19(13)12-8-7-11(16)9-5-3-4-6-10(9)12/h3-8H,2H2,1H3,(H,20,21). The summed E-state index contributed by atoms with van der Waals surface area (Å²) in [4.78, 5) is 15.2. The van der Waals surface area contributed by atoms with Crippen molar-refractivity contribution in [1.82, 2.24) is 14.8 Å². The van der Waals surface area contributed by atoms with E-state index < -0.39 is 5.97 Å². The van der Waals surface area contributed by atoms with Crippen molar-refractivity contribution in [3.05, 3.63) is 52.5 Å². The molecule has 0 saturated heterocycles. The zero-order valence-electron chi connectivity index (χ0n) is 11.2. The maximum Gasteiger partial charge on any atom is 0.375 e. The van der Waals surface area contributed by atoms with Gasteiger partial charge in [-0.1, -0.05) is 47.1 Å². The summed E-state index contributed by atoms with van der Waals surface area (Å²) in [7, 11) is 0. The zero-order valence-corrected chi connectivity index (χ0v) is 12.8. The number of hydrogen-bond acceptors (Lipinski definition) is 3. The summed E-state index contributed by atoms with van der Waals surface area (Å²) >= 11 is 3.53. The summed E-state index contributed by atoms with van der Waals surface area (Å²) in [6.07, 6.45) is 0.602. The topological polar surface area (TPSA) is 68.0 Å². The number of rotatable bonds is 3. The minimum Gasteiger partial charge on any atom is -0.475 e. The van der Waals surface area contributed by atoms with Crippen molar-refractivity contribution >= 4 is 32.7 Å². The molecular weight excluding hydrogens is 334 g/mol. The Morgan fingerprint density at radius 3 is 2.62 bits per heavy atom. The lowest BCUT2D eigenvalue weighted by atomic mass is 10.1. The molecule has 0 atom stereocenters. The number of carboxylic acid groups (broad SMARTS) is 1. The van der Waals surface area contributed by atoms with Crippen LogP contribution in [0.4, 0.5) is 0 Å². The smallest absolute Gasteiger partial charge is 0.375 e. The van der Waals surface area contributed by atoms with Crippen molar-refractivity contribution in [2.75, 3.05) is 0 Å². The van der Waals surface area contributed by atoms with E-state index in [0.717, 1.165) is 20.9 Å². The van der Waals surface area contributed by atoms with Gasteiger partial charge in [-0.15, -0.1) is 5.10 Å². The summed E-state index contributed by atoms with van der Waals surface area (Å²) < 4.78 is 2.59. The number of carbonyl (C=O) groups is 1. The van der Waals surface area contributed by atoms with Gasteiger partial charge in [0.1, 0.15) is 5.82 Å². The number of carboxylic acids is 1. The summed E-state index contributed by atoms with van der Waals surface area (Å²) in [5, 5.41) is 15.2. The van der Waals surface area contributed by atoms with E-state index in [1.165, 1.54) is 0 Å². The van der Waals surface area contributed by atoms with Crippen molar-refractivity contribution in [2.24, 2.45) is 0 Å². The van der Waals surface area contributed by atoms with Crippen molar-refractivity contribution in [1.29, 1.82) is 0 Å². The van der Waals surface area contributed by atoms with E-state index in [0.29, 0.717) is 12.2 Å². The highest BCUT2D eigenvalue weighted by Crippen LogP contribution is 2.29. The van der Waals surface area contributed by atoms with Gasteiger partial charge < -0.3 is 5.11 Å². The third-order valence-corrected chi connectivity index (χ3v) is 3.95. The van der Waals surface area contributed by atoms with Crippen LogP contribution in [-0.2, 0) is 6.42 Å². The van der Waals surface area contributed by atoms with Gasteiger partial charge in [-0.2, -0.15) is 0 Å². The Hall–Kier alpha value is -2.21. The quantitative estimate of drug-likeness (QED) is 0.789. The fourth-order valence-corrected chi connectivity index (χ4v) is 2.77. The Labute approximate surface area is 129 Å². The van der Waals surface area contributed by atoms with Crippen molar-refractivity contribution in [2.45, 2.75) is 13.3 Å². The number of aromatic carboxylic acids is 1. The Morgan fingerprint density at radius 2 is 1.95 bits per heavy atom. The first kappa shape index (κ1) is 13.8. The van der Waals surface area contributed by atoms with Gasteiger partial charge in [0.05, 0.1) is 5.69 Å². The Morgan fingerprint density at radius 1 is 1.24 bits per heavy atom. The lowest BCUT2D eigenvalue weighted by Crippen LogP contribution is -2.04. The Kier molecular flexibility index (Phi) is 3.47. The highest BCUT2D eigenvalue weighted by molar-refractivity contribution is 9.10. The number of hydrogen-bond donors (Lipinski definition) is 1. The van der Waals surface area contributed by atoms with E-state index in [1.807, 2.05) is 43.3 Å². The second-order valence-corrected chi connectivity index (χ2v) is 5.39. The number of benzene rings is 2. The molecule has 5 nitrogen and oxygen atoms in total. The number of halogens is 1. The van der Waals surface area contributed by atoms with Crippen LogP contribution in [-0.4, -0.2) is 25.8 Å². The fourth-order valence-electron chi connectivity index (χ4n) is 2.29. The van der Waals surface area contributed by atoms with Crippen LogP contribution >= 0.6 is 15.9 Å². The summed E-state index contributed by atoms with van der Waals surface area (Å²) in [6, 6.07) is 11.7. The molecule has 1 N–H and O–H groups in total. The lowest BCUT2D eigenvalue weighted by Gasteiger charge is -2.09. The van der Waals surface area contributed by atoms with Crippen LogP contribution in [0, 0.1) is 0 Å². The highest BCUT2D eigenvalue weighted by Gasteiger charge is 2.17. The molecule has 0 aliphatic heterocycles. The van der Waals surface area contributed by atoms with Gasteiger partial charge in [-0.3, -0.25) is 0 Å². The number of fused-ring (bicyclic) bond motifs is 1. The number of nitrogens with zero attached hydrogens (tertiary/aromatic N) is 3. The van der Waals surface area contributed by atoms with Gasteiger partial charge in [0.2, 0.25) is 0 Å². The third kappa shape index (κ3) is 2.31. The first-order chi connectivity index (χ1) is 10.1. The van der Waals surface area contributed by atoms with E-state index in [1.54, 1.807) is 4.68 Å². The molecule has 2 aromatic carbocycles. The molecule has 1 heterocycles. The molecule has 0 unspecified atom stereocenters. The molecule has 3 aromatic rings. The van der Waals surface area contributed by atoms with E-state index in [2.05, 4.69) is 26.0 Å². The van der Waals surface area contributed by atoms with E-state index >= 15 is 0 Å². The number of aromatic nitrogens is 3. The SMILES string of the molecule is CCc1nc(C(=O)O)nn1-c1ccc(Br)c2ccccc12. The third-order valence-electron chi connectivity index (χ3n) is 3.26. The monoisotopic (exact) mass is 345 g/mol. The molecule has 0 radical (unpaired) electrons. The summed E-state index contributed by atoms with van der Waals surface area (Å²) in [5.41, 5.74) is 0.825. The van der Waals surface area contributed by atoms with E-state index in [4.69, 9.17) is 5.11 Å². The summed E-state index contributed by atoms with van der Waals surface area (Å²) in [6.45, 7) is 1.92. The molecule has 6 heteroatoms. The maximum absolute atomic E-state index is 11.1. The van der Waals surface area contributed by atoms with E-state index in [9.17, 15) is 4.79 Å². The predicted molar refractivity (Wildman–Crippen MR) is 82.9 cm³/mol. The minimum absolute atomic E-state index is 0.182. The summed E-state index contributed by atoms with van der Waals surface area (Å²) in [5.74, 6) is -0.677. The Bertz CT molecular complexity index is 842. The van der Waals surface area contributed by atoms with E-state index in [-0.39, 0.29) is 5.82 Å². The van der Waals surface area contributed by atoms with Crippen LogP contribution in [0.25, 0.3) is 16.5 Å². The molecule has 0 fully saturated rings. The Balaban J connectivity index is 2.30. The normalized spacial score (nSPS) is 11.0. The first-order valence-electron chi connectivity index (χ1n) is 6.48. The molecule has 21 heavy (non-hydrogen) atoms. The average molecular weight is 346 g/mol. The lowest BCUT2D eigenvalue weighted by molar-refractivity contribution is 0.0683. The molecule has 0 amide bonds. The fraction of sp³-hybridized carbons (Fsp3) is 0.133. The zero-order chi connectivity index (χ0) is 15.0. The predicted octanol–water partition coefficient (Wildman–Crippen LogP) is 3.44. The van der Waals surface area contributed by atoms with Gasteiger partial charge >= 0.3 is 5.97 Å². The minimum atomic E-state index is -1.12. The molecule has 106 valence electrons. The van der Waals surface area contributed by atoms with Crippen LogP contribution < -0.4 is 0 Å². The van der Waals surface area contributed by atoms with Gasteiger partial charge in [0.15, 0.2) is 0 Å². The number of aryl methyl sites for hydroxylation is 1. The van der Waals surface area contributed by atoms with Crippen LogP contribution in [0.2, 0.25) is 0 Å². The van der Waals surface area contributed by atoms with Crippen LogP contribution in [0.3, 0.4) is 0 Å². The average Bonchev–Trinajstić information content (AvgIpc) is 2.92. The van der Waals surface area contributed by atoms with Crippen LogP contribution in [0.5, 0.6) is 0 Å². The molecule has 0 saturated carbocycles. The van der Waals surface area contributed by atoms with Gasteiger partial charge in [-0.05, 0) is 17.5 Å². The molecule has 3 rings (SSSR count).